The van der Waals surface area contributed by atoms with Crippen molar-refractivity contribution in [2.24, 2.45) is 5.73 Å². The van der Waals surface area contributed by atoms with Gasteiger partial charge >= 0.3 is 0 Å². The van der Waals surface area contributed by atoms with Gasteiger partial charge < -0.3 is 5.73 Å². The fraction of sp³-hybridized carbons (Fsp3) is 0.529. The van der Waals surface area contributed by atoms with Crippen molar-refractivity contribution in [2.45, 2.75) is 51.4 Å². The Hall–Kier alpha value is -0.860. The van der Waals surface area contributed by atoms with Crippen molar-refractivity contribution >= 4 is 21.4 Å². The molecule has 1 aliphatic carbocycles. The van der Waals surface area contributed by atoms with Crippen LogP contribution in [0.15, 0.2) is 18.2 Å². The first-order valence-corrected chi connectivity index (χ1v) is 8.18. The highest BCUT2D eigenvalue weighted by atomic mass is 32.1. The van der Waals surface area contributed by atoms with Gasteiger partial charge in [0.25, 0.3) is 0 Å². The molecule has 0 saturated heterocycles. The van der Waals surface area contributed by atoms with Crippen molar-refractivity contribution in [2.75, 3.05) is 6.54 Å². The third-order valence-electron chi connectivity index (χ3n) is 4.99. The van der Waals surface area contributed by atoms with Crippen LogP contribution in [0.5, 0.6) is 0 Å². The van der Waals surface area contributed by atoms with Gasteiger partial charge in [0.2, 0.25) is 0 Å². The number of rotatable bonds is 2. The van der Waals surface area contributed by atoms with E-state index in [1.165, 1.54) is 58.2 Å². The lowest BCUT2D eigenvalue weighted by atomic mass is 9.69. The summed E-state index contributed by atoms with van der Waals surface area (Å²) in [5.41, 5.74) is 9.32. The van der Waals surface area contributed by atoms with Gasteiger partial charge in [0.1, 0.15) is 0 Å². The number of fused-ring (bicyclic) bond motifs is 1. The van der Waals surface area contributed by atoms with Crippen LogP contribution in [0, 0.1) is 13.8 Å². The minimum Gasteiger partial charge on any atom is -0.330 e. The van der Waals surface area contributed by atoms with Crippen molar-refractivity contribution < 1.29 is 0 Å². The van der Waals surface area contributed by atoms with E-state index in [1.54, 1.807) is 0 Å². The average molecular weight is 273 g/mol. The normalized spacial score (nSPS) is 18.9. The van der Waals surface area contributed by atoms with E-state index in [0.717, 1.165) is 6.54 Å². The van der Waals surface area contributed by atoms with Crippen molar-refractivity contribution in [3.63, 3.8) is 0 Å². The molecule has 0 bridgehead atoms. The summed E-state index contributed by atoms with van der Waals surface area (Å²) in [5, 5.41) is 1.43. The topological polar surface area (TPSA) is 26.0 Å². The third-order valence-corrected chi connectivity index (χ3v) is 6.16. The van der Waals surface area contributed by atoms with Gasteiger partial charge in [-0.05, 0) is 49.3 Å². The largest absolute Gasteiger partial charge is 0.330 e. The summed E-state index contributed by atoms with van der Waals surface area (Å²) in [6, 6.07) is 7.06. The molecule has 1 aromatic carbocycles. The lowest BCUT2D eigenvalue weighted by Crippen LogP contribution is -2.37. The van der Waals surface area contributed by atoms with Crippen LogP contribution in [-0.4, -0.2) is 6.54 Å². The molecule has 0 aliphatic heterocycles. The Balaban J connectivity index is 2.09. The van der Waals surface area contributed by atoms with E-state index in [1.807, 2.05) is 11.3 Å². The van der Waals surface area contributed by atoms with Crippen LogP contribution < -0.4 is 5.73 Å². The number of hydrogen-bond acceptors (Lipinski definition) is 2. The minimum atomic E-state index is 0.248. The van der Waals surface area contributed by atoms with Crippen LogP contribution in [0.2, 0.25) is 0 Å². The fourth-order valence-electron chi connectivity index (χ4n) is 3.52. The van der Waals surface area contributed by atoms with E-state index in [9.17, 15) is 0 Å². The molecule has 0 unspecified atom stereocenters. The van der Waals surface area contributed by atoms with Gasteiger partial charge in [-0.25, -0.2) is 0 Å². The predicted octanol–water partition coefficient (Wildman–Crippen LogP) is 4.68. The van der Waals surface area contributed by atoms with Gasteiger partial charge in [0.05, 0.1) is 0 Å². The minimum absolute atomic E-state index is 0.248. The number of hydrogen-bond donors (Lipinski definition) is 1. The second-order valence-corrected chi connectivity index (χ2v) is 7.30. The molecule has 3 rings (SSSR count). The van der Waals surface area contributed by atoms with Gasteiger partial charge in [0, 0.05) is 21.5 Å². The molecule has 1 fully saturated rings. The van der Waals surface area contributed by atoms with Crippen molar-refractivity contribution in [1.29, 1.82) is 0 Å². The smallest absolute Gasteiger partial charge is 0.0351 e. The van der Waals surface area contributed by atoms with Crippen LogP contribution in [0.3, 0.4) is 0 Å². The fourth-order valence-corrected chi connectivity index (χ4v) is 4.63. The first-order chi connectivity index (χ1) is 9.16. The van der Waals surface area contributed by atoms with Crippen LogP contribution in [0.4, 0.5) is 0 Å². The maximum absolute atomic E-state index is 6.15. The summed E-state index contributed by atoms with van der Waals surface area (Å²) in [6.45, 7) is 5.24. The second-order valence-electron chi connectivity index (χ2n) is 6.04. The predicted molar refractivity (Wildman–Crippen MR) is 85.1 cm³/mol. The summed E-state index contributed by atoms with van der Waals surface area (Å²) in [4.78, 5) is 1.44. The molecule has 2 aromatic rings. The summed E-state index contributed by atoms with van der Waals surface area (Å²) in [6.07, 6.45) is 6.56. The number of benzene rings is 1. The molecule has 19 heavy (non-hydrogen) atoms. The molecule has 0 radical (unpaired) electrons. The number of aryl methyl sites for hydroxylation is 2. The van der Waals surface area contributed by atoms with Crippen LogP contribution in [-0.2, 0) is 5.41 Å². The van der Waals surface area contributed by atoms with Gasteiger partial charge in [0.15, 0.2) is 0 Å². The van der Waals surface area contributed by atoms with E-state index >= 15 is 0 Å². The Bertz CT molecular complexity index is 591. The molecule has 2 heteroatoms. The average Bonchev–Trinajstić information content (AvgIpc) is 2.74. The van der Waals surface area contributed by atoms with Gasteiger partial charge in [-0.3, -0.25) is 0 Å². The molecular formula is C17H23NS. The van der Waals surface area contributed by atoms with E-state index in [2.05, 4.69) is 32.0 Å². The summed E-state index contributed by atoms with van der Waals surface area (Å²) >= 11 is 1.93. The quantitative estimate of drug-likeness (QED) is 0.844. The lowest BCUT2D eigenvalue weighted by Gasteiger charge is -2.36. The molecule has 102 valence electrons. The Labute approximate surface area is 119 Å². The summed E-state index contributed by atoms with van der Waals surface area (Å²) in [5.74, 6) is 0. The summed E-state index contributed by atoms with van der Waals surface area (Å²) in [7, 11) is 0. The zero-order valence-corrected chi connectivity index (χ0v) is 12.8. The van der Waals surface area contributed by atoms with Crippen LogP contribution in [0.1, 0.15) is 48.1 Å². The van der Waals surface area contributed by atoms with Crippen molar-refractivity contribution in [3.8, 4) is 0 Å². The standard InChI is InChI=1S/C17H23NS/c1-12-13(2)19-16-10-14(6-7-15(12)16)17(11-18)8-4-3-5-9-17/h6-7,10H,3-5,8-9,11,18H2,1-2H3. The second kappa shape index (κ2) is 4.92. The van der Waals surface area contributed by atoms with Gasteiger partial charge in [-0.15, -0.1) is 11.3 Å². The highest BCUT2D eigenvalue weighted by molar-refractivity contribution is 7.19. The Morgan fingerprint density at radius 3 is 2.58 bits per heavy atom. The first kappa shape index (κ1) is 13.1. The van der Waals surface area contributed by atoms with Gasteiger partial charge in [-0.1, -0.05) is 31.4 Å². The van der Waals surface area contributed by atoms with E-state index in [0.29, 0.717) is 0 Å². The molecule has 1 aromatic heterocycles. The molecule has 0 amide bonds. The van der Waals surface area contributed by atoms with E-state index in [-0.39, 0.29) is 5.41 Å². The highest BCUT2D eigenvalue weighted by Gasteiger charge is 2.32. The number of nitrogens with two attached hydrogens (primary N) is 1. The van der Waals surface area contributed by atoms with Crippen molar-refractivity contribution in [3.05, 3.63) is 34.2 Å². The third kappa shape index (κ3) is 2.11. The highest BCUT2D eigenvalue weighted by Crippen LogP contribution is 2.41. The zero-order chi connectivity index (χ0) is 13.5. The molecule has 1 heterocycles. The molecule has 2 N–H and O–H groups in total. The zero-order valence-electron chi connectivity index (χ0n) is 12.0. The van der Waals surface area contributed by atoms with Gasteiger partial charge in [-0.2, -0.15) is 0 Å². The first-order valence-electron chi connectivity index (χ1n) is 7.37. The number of thiophene rings is 1. The van der Waals surface area contributed by atoms with Crippen molar-refractivity contribution in [1.82, 2.24) is 0 Å². The molecule has 1 aliphatic rings. The SMILES string of the molecule is Cc1sc2cc(C3(CN)CCCCC3)ccc2c1C. The monoisotopic (exact) mass is 273 g/mol. The van der Waals surface area contributed by atoms with Crippen LogP contribution in [0.25, 0.3) is 10.1 Å². The Morgan fingerprint density at radius 1 is 1.16 bits per heavy atom. The Morgan fingerprint density at radius 2 is 1.89 bits per heavy atom. The lowest BCUT2D eigenvalue weighted by molar-refractivity contribution is 0.301. The molecule has 0 atom stereocenters. The van der Waals surface area contributed by atoms with E-state index < -0.39 is 0 Å². The molecule has 0 spiro atoms. The maximum atomic E-state index is 6.15. The molecule has 1 nitrogen and oxygen atoms in total. The summed E-state index contributed by atoms with van der Waals surface area (Å²) < 4.78 is 1.44. The van der Waals surface area contributed by atoms with E-state index in [4.69, 9.17) is 5.73 Å². The molecular weight excluding hydrogens is 250 g/mol. The maximum Gasteiger partial charge on any atom is 0.0351 e. The Kier molecular flexibility index (Phi) is 3.40. The van der Waals surface area contributed by atoms with Crippen LogP contribution >= 0.6 is 11.3 Å². The molecule has 1 saturated carbocycles.